The zero-order chi connectivity index (χ0) is 23.4. The first-order valence-electron chi connectivity index (χ1n) is 10.1. The van der Waals surface area contributed by atoms with Crippen LogP contribution in [0.25, 0.3) is 10.9 Å². The maximum Gasteiger partial charge on any atom is 0.415 e. The number of urea groups is 1. The summed E-state index contributed by atoms with van der Waals surface area (Å²) in [6, 6.07) is 13.2. The van der Waals surface area contributed by atoms with E-state index in [0.717, 1.165) is 10.9 Å². The molecule has 8 nitrogen and oxygen atoms in total. The Hall–Kier alpha value is -3.92. The molecule has 2 aromatic heterocycles. The number of para-hydroxylation sites is 1. The number of ether oxygens (including phenoxy) is 1. The molecule has 0 aliphatic rings. The lowest BCUT2D eigenvalue weighted by atomic mass is 10.2. The number of hydrogen-bond acceptors (Lipinski definition) is 5. The molecule has 0 bridgehead atoms. The number of benzene rings is 2. The van der Waals surface area contributed by atoms with Crippen LogP contribution in [-0.4, -0.2) is 33.6 Å². The van der Waals surface area contributed by atoms with Crippen molar-refractivity contribution >= 4 is 39.5 Å². The fourth-order valence-corrected chi connectivity index (χ4v) is 3.97. The van der Waals surface area contributed by atoms with Crippen LogP contribution >= 0.6 is 11.3 Å². The Morgan fingerprint density at radius 2 is 2.03 bits per heavy atom. The van der Waals surface area contributed by atoms with Gasteiger partial charge in [-0.05, 0) is 29.8 Å². The van der Waals surface area contributed by atoms with E-state index in [1.54, 1.807) is 30.8 Å². The fourth-order valence-electron chi connectivity index (χ4n) is 3.27. The minimum absolute atomic E-state index is 0.185. The molecule has 2 N–H and O–H groups in total. The number of rotatable bonds is 6. The van der Waals surface area contributed by atoms with E-state index >= 15 is 0 Å². The van der Waals surface area contributed by atoms with E-state index in [4.69, 9.17) is 4.74 Å². The van der Waals surface area contributed by atoms with Crippen molar-refractivity contribution in [3.63, 3.8) is 0 Å². The van der Waals surface area contributed by atoms with Gasteiger partial charge in [0.15, 0.2) is 10.9 Å². The first-order chi connectivity index (χ1) is 15.9. The molecule has 0 saturated heterocycles. The number of nitrogens with one attached hydrogen (secondary N) is 2. The van der Waals surface area contributed by atoms with Crippen molar-refractivity contribution in [1.82, 2.24) is 19.8 Å². The topological polar surface area (TPSA) is 88.5 Å². The molecule has 0 atom stereocenters. The lowest BCUT2D eigenvalue weighted by Crippen LogP contribution is -2.29. The van der Waals surface area contributed by atoms with Crippen LogP contribution in [0, 0.1) is 5.82 Å². The summed E-state index contributed by atoms with van der Waals surface area (Å²) in [5.74, 6) is 0.128. The quantitative estimate of drug-likeness (QED) is 0.429. The standard InChI is InChI=1S/C23H22FN5O3S/c1-28-13-20(18-8-3-4-9-19(18)28)32-23(31)29(2)12-17-14-33-22(26-17)27-21(30)25-11-15-6-5-7-16(24)10-15/h3-10,13-14H,11-12H2,1-2H3,(H2,25,26,27,30). The van der Waals surface area contributed by atoms with Crippen LogP contribution in [0.4, 0.5) is 19.1 Å². The zero-order valence-electron chi connectivity index (χ0n) is 18.0. The number of nitrogens with zero attached hydrogens (tertiary/aromatic N) is 3. The van der Waals surface area contributed by atoms with E-state index in [0.29, 0.717) is 22.1 Å². The number of carbonyl (C=O) groups excluding carboxylic acids is 2. The van der Waals surface area contributed by atoms with Crippen LogP contribution in [0.15, 0.2) is 60.1 Å². The van der Waals surface area contributed by atoms with Gasteiger partial charge < -0.3 is 19.5 Å². The SMILES string of the molecule is CN(Cc1csc(NC(=O)NCc2cccc(F)c2)n1)C(=O)Oc1cn(C)c2ccccc12. The summed E-state index contributed by atoms with van der Waals surface area (Å²) < 4.78 is 20.7. The molecular weight excluding hydrogens is 445 g/mol. The normalized spacial score (nSPS) is 10.8. The Labute approximate surface area is 193 Å². The molecule has 0 saturated carbocycles. The highest BCUT2D eigenvalue weighted by molar-refractivity contribution is 7.13. The van der Waals surface area contributed by atoms with Gasteiger partial charge >= 0.3 is 12.1 Å². The van der Waals surface area contributed by atoms with Crippen molar-refractivity contribution in [2.45, 2.75) is 13.1 Å². The number of fused-ring (bicyclic) bond motifs is 1. The number of thiazole rings is 1. The highest BCUT2D eigenvalue weighted by Crippen LogP contribution is 2.27. The predicted molar refractivity (Wildman–Crippen MR) is 125 cm³/mol. The summed E-state index contributed by atoms with van der Waals surface area (Å²) in [6.45, 7) is 0.400. The molecule has 0 spiro atoms. The molecule has 0 aliphatic heterocycles. The number of halogens is 1. The summed E-state index contributed by atoms with van der Waals surface area (Å²) in [5.41, 5.74) is 2.22. The van der Waals surface area contributed by atoms with Gasteiger partial charge in [-0.3, -0.25) is 5.32 Å². The third kappa shape index (κ3) is 5.47. The first kappa shape index (κ1) is 22.3. The molecule has 0 radical (unpaired) electrons. The molecule has 2 heterocycles. The molecule has 33 heavy (non-hydrogen) atoms. The maximum atomic E-state index is 13.2. The number of hydrogen-bond donors (Lipinski definition) is 2. The van der Waals surface area contributed by atoms with Gasteiger partial charge in [-0.25, -0.2) is 19.0 Å². The molecule has 0 fully saturated rings. The van der Waals surface area contributed by atoms with E-state index in [-0.39, 0.29) is 18.9 Å². The van der Waals surface area contributed by atoms with Gasteiger partial charge in [0, 0.05) is 37.6 Å². The minimum Gasteiger partial charge on any atom is -0.408 e. The van der Waals surface area contributed by atoms with Gasteiger partial charge in [-0.1, -0.05) is 24.3 Å². The van der Waals surface area contributed by atoms with Crippen LogP contribution in [0.2, 0.25) is 0 Å². The van der Waals surface area contributed by atoms with Gasteiger partial charge in [0.25, 0.3) is 0 Å². The summed E-state index contributed by atoms with van der Waals surface area (Å²) in [5, 5.41) is 8.28. The number of aryl methyl sites for hydroxylation is 1. The second-order valence-electron chi connectivity index (χ2n) is 7.43. The Bertz CT molecular complexity index is 1300. The monoisotopic (exact) mass is 467 g/mol. The van der Waals surface area contributed by atoms with Crippen molar-refractivity contribution in [2.24, 2.45) is 7.05 Å². The Morgan fingerprint density at radius 1 is 1.21 bits per heavy atom. The van der Waals surface area contributed by atoms with Crippen LogP contribution < -0.4 is 15.4 Å². The second-order valence-corrected chi connectivity index (χ2v) is 8.29. The predicted octanol–water partition coefficient (Wildman–Crippen LogP) is 4.73. The number of carbonyl (C=O) groups is 2. The third-order valence-electron chi connectivity index (χ3n) is 4.88. The average molecular weight is 468 g/mol. The molecule has 4 aromatic rings. The molecule has 10 heteroatoms. The van der Waals surface area contributed by atoms with Crippen LogP contribution in [0.5, 0.6) is 5.75 Å². The molecule has 0 aliphatic carbocycles. The number of anilines is 1. The third-order valence-corrected chi connectivity index (χ3v) is 5.69. The van der Waals surface area contributed by atoms with Gasteiger partial charge in [-0.2, -0.15) is 0 Å². The zero-order valence-corrected chi connectivity index (χ0v) is 18.9. The Balaban J connectivity index is 1.30. The highest BCUT2D eigenvalue weighted by Gasteiger charge is 2.17. The van der Waals surface area contributed by atoms with Crippen molar-refractivity contribution in [3.05, 3.63) is 77.2 Å². The lowest BCUT2D eigenvalue weighted by molar-refractivity contribution is 0.161. The van der Waals surface area contributed by atoms with Gasteiger partial charge in [0.2, 0.25) is 0 Å². The van der Waals surface area contributed by atoms with Crippen LogP contribution in [-0.2, 0) is 20.1 Å². The van der Waals surface area contributed by atoms with Crippen molar-refractivity contribution in [1.29, 1.82) is 0 Å². The van der Waals surface area contributed by atoms with E-state index < -0.39 is 12.1 Å². The summed E-state index contributed by atoms with van der Waals surface area (Å²) in [7, 11) is 3.51. The van der Waals surface area contributed by atoms with E-state index in [1.807, 2.05) is 35.9 Å². The molecular formula is C23H22FN5O3S. The van der Waals surface area contributed by atoms with Crippen molar-refractivity contribution in [2.75, 3.05) is 12.4 Å². The Morgan fingerprint density at radius 3 is 2.85 bits per heavy atom. The minimum atomic E-state index is -0.512. The highest BCUT2D eigenvalue weighted by atomic mass is 32.1. The molecule has 170 valence electrons. The van der Waals surface area contributed by atoms with Gasteiger partial charge in [0.05, 0.1) is 17.8 Å². The summed E-state index contributed by atoms with van der Waals surface area (Å²) in [4.78, 5) is 30.4. The summed E-state index contributed by atoms with van der Waals surface area (Å²) in [6.07, 6.45) is 1.26. The second kappa shape index (κ2) is 9.70. The smallest absolute Gasteiger partial charge is 0.408 e. The van der Waals surface area contributed by atoms with E-state index in [9.17, 15) is 14.0 Å². The van der Waals surface area contributed by atoms with E-state index in [1.165, 1.54) is 28.4 Å². The van der Waals surface area contributed by atoms with Gasteiger partial charge in [0.1, 0.15) is 5.82 Å². The Kier molecular flexibility index (Phi) is 6.55. The lowest BCUT2D eigenvalue weighted by Gasteiger charge is -2.15. The summed E-state index contributed by atoms with van der Waals surface area (Å²) >= 11 is 1.24. The maximum absolute atomic E-state index is 13.2. The molecule has 3 amide bonds. The molecule has 4 rings (SSSR count). The van der Waals surface area contributed by atoms with Gasteiger partial charge in [-0.15, -0.1) is 11.3 Å². The van der Waals surface area contributed by atoms with Crippen molar-refractivity contribution < 1.29 is 18.7 Å². The average Bonchev–Trinajstić information content (AvgIpc) is 3.36. The molecule has 2 aromatic carbocycles. The largest absolute Gasteiger partial charge is 0.415 e. The molecule has 0 unspecified atom stereocenters. The fraction of sp³-hybridized carbons (Fsp3) is 0.174. The van der Waals surface area contributed by atoms with E-state index in [2.05, 4.69) is 15.6 Å². The van der Waals surface area contributed by atoms with Crippen LogP contribution in [0.3, 0.4) is 0 Å². The van der Waals surface area contributed by atoms with Crippen molar-refractivity contribution in [3.8, 4) is 5.75 Å². The number of amides is 3. The first-order valence-corrected chi connectivity index (χ1v) is 11.0. The number of aromatic nitrogens is 2. The van der Waals surface area contributed by atoms with Crippen LogP contribution in [0.1, 0.15) is 11.3 Å².